The highest BCUT2D eigenvalue weighted by atomic mass is 16.5. The summed E-state index contributed by atoms with van der Waals surface area (Å²) in [5, 5.41) is 11.3. The maximum absolute atomic E-state index is 13.0. The van der Waals surface area contributed by atoms with E-state index >= 15 is 0 Å². The molecular formula is C20H26N2O3. The summed E-state index contributed by atoms with van der Waals surface area (Å²) >= 11 is 0. The monoisotopic (exact) mass is 342 g/mol. The predicted molar refractivity (Wildman–Crippen MR) is 96.6 cm³/mol. The molecule has 2 N–H and O–H groups in total. The predicted octanol–water partition coefficient (Wildman–Crippen LogP) is 3.09. The molecule has 3 heterocycles. The molecule has 0 radical (unpaired) electrons. The van der Waals surface area contributed by atoms with Crippen LogP contribution in [-0.4, -0.2) is 51.8 Å². The van der Waals surface area contributed by atoms with E-state index in [0.717, 1.165) is 42.1 Å². The number of ether oxygens (including phenoxy) is 1. The van der Waals surface area contributed by atoms with E-state index in [9.17, 15) is 9.90 Å². The van der Waals surface area contributed by atoms with Gasteiger partial charge >= 0.3 is 0 Å². The number of carbonyl (C=O) groups is 1. The number of hydrogen-bond donors (Lipinski definition) is 2. The van der Waals surface area contributed by atoms with Crippen molar-refractivity contribution in [2.45, 2.75) is 56.8 Å². The Hall–Kier alpha value is -1.85. The standard InChI is InChI=1S/C20H26N2O3/c1-2-16-12-15(23)13-20(25-16)7-10-22(11-8-20)19(24)17-5-3-4-14-6-9-21-18(14)17/h3-6,9,15-16,21,23H,2,7-8,10-13H2,1H3/t15-,16+/m1/s1. The number of aliphatic hydroxyl groups is 1. The first-order valence-electron chi connectivity index (χ1n) is 9.31. The van der Waals surface area contributed by atoms with Gasteiger partial charge in [0.05, 0.1) is 28.9 Å². The third-order valence-electron chi connectivity index (χ3n) is 5.79. The minimum absolute atomic E-state index is 0.0753. The zero-order valence-electron chi connectivity index (χ0n) is 14.7. The Morgan fingerprint density at radius 3 is 2.92 bits per heavy atom. The molecule has 0 bridgehead atoms. The van der Waals surface area contributed by atoms with Gasteiger partial charge in [0.25, 0.3) is 5.91 Å². The van der Waals surface area contributed by atoms with E-state index in [0.29, 0.717) is 19.5 Å². The van der Waals surface area contributed by atoms with Gasteiger partial charge in [0.15, 0.2) is 0 Å². The van der Waals surface area contributed by atoms with Gasteiger partial charge in [-0.2, -0.15) is 0 Å². The van der Waals surface area contributed by atoms with Gasteiger partial charge in [0, 0.05) is 31.1 Å². The maximum Gasteiger partial charge on any atom is 0.255 e. The fourth-order valence-corrected chi connectivity index (χ4v) is 4.39. The van der Waals surface area contributed by atoms with Gasteiger partial charge in [0.1, 0.15) is 0 Å². The zero-order chi connectivity index (χ0) is 17.4. The number of nitrogens with zero attached hydrogens (tertiary/aromatic N) is 1. The van der Waals surface area contributed by atoms with Crippen molar-refractivity contribution in [2.75, 3.05) is 13.1 Å². The smallest absolute Gasteiger partial charge is 0.255 e. The SMILES string of the molecule is CC[C@H]1C[C@@H](O)CC2(CCN(C(=O)c3cccc4cc[nH]c34)CC2)O1. The summed E-state index contributed by atoms with van der Waals surface area (Å²) in [6.45, 7) is 3.46. The van der Waals surface area contributed by atoms with Gasteiger partial charge in [-0.15, -0.1) is 0 Å². The van der Waals surface area contributed by atoms with E-state index in [-0.39, 0.29) is 23.7 Å². The number of benzene rings is 1. The van der Waals surface area contributed by atoms with Crippen LogP contribution in [0.1, 0.15) is 49.4 Å². The van der Waals surface area contributed by atoms with Crippen LogP contribution in [0.2, 0.25) is 0 Å². The van der Waals surface area contributed by atoms with Gasteiger partial charge in [-0.25, -0.2) is 0 Å². The number of aromatic nitrogens is 1. The molecule has 4 rings (SSSR count). The average molecular weight is 342 g/mol. The summed E-state index contributed by atoms with van der Waals surface area (Å²) in [6.07, 6.45) is 5.67. The molecule has 2 aliphatic rings. The van der Waals surface area contributed by atoms with Crippen molar-refractivity contribution in [2.24, 2.45) is 0 Å². The third kappa shape index (κ3) is 3.07. The summed E-state index contributed by atoms with van der Waals surface area (Å²) in [5.74, 6) is 0.0753. The topological polar surface area (TPSA) is 65.6 Å². The van der Waals surface area contributed by atoms with Gasteiger partial charge < -0.3 is 19.7 Å². The number of likely N-dealkylation sites (tertiary alicyclic amines) is 1. The van der Waals surface area contributed by atoms with Crippen LogP contribution >= 0.6 is 0 Å². The lowest BCUT2D eigenvalue weighted by Gasteiger charge is -2.47. The minimum Gasteiger partial charge on any atom is -0.393 e. The highest BCUT2D eigenvalue weighted by molar-refractivity contribution is 6.05. The van der Waals surface area contributed by atoms with Crippen molar-refractivity contribution < 1.29 is 14.6 Å². The molecule has 1 amide bonds. The maximum atomic E-state index is 13.0. The van der Waals surface area contributed by atoms with Crippen LogP contribution in [0.5, 0.6) is 0 Å². The van der Waals surface area contributed by atoms with Crippen molar-refractivity contribution in [3.8, 4) is 0 Å². The van der Waals surface area contributed by atoms with Crippen molar-refractivity contribution in [1.29, 1.82) is 0 Å². The van der Waals surface area contributed by atoms with Crippen LogP contribution in [-0.2, 0) is 4.74 Å². The number of carbonyl (C=O) groups excluding carboxylic acids is 1. The minimum atomic E-state index is -0.284. The number of rotatable bonds is 2. The van der Waals surface area contributed by atoms with E-state index in [1.165, 1.54) is 0 Å². The summed E-state index contributed by atoms with van der Waals surface area (Å²) in [7, 11) is 0. The van der Waals surface area contributed by atoms with Gasteiger partial charge in [-0.3, -0.25) is 4.79 Å². The van der Waals surface area contributed by atoms with Crippen molar-refractivity contribution >= 4 is 16.8 Å². The largest absolute Gasteiger partial charge is 0.393 e. The molecule has 0 saturated carbocycles. The molecule has 2 saturated heterocycles. The number of fused-ring (bicyclic) bond motifs is 1. The fraction of sp³-hybridized carbons (Fsp3) is 0.550. The lowest BCUT2D eigenvalue weighted by Crippen LogP contribution is -2.53. The molecule has 25 heavy (non-hydrogen) atoms. The molecular weight excluding hydrogens is 316 g/mol. The second kappa shape index (κ2) is 6.46. The summed E-state index contributed by atoms with van der Waals surface area (Å²) in [5.41, 5.74) is 1.38. The Morgan fingerprint density at radius 2 is 2.16 bits per heavy atom. The van der Waals surface area contributed by atoms with E-state index < -0.39 is 0 Å². The number of para-hydroxylation sites is 1. The molecule has 1 spiro atoms. The first kappa shape index (κ1) is 16.6. The van der Waals surface area contributed by atoms with Crippen LogP contribution in [0.4, 0.5) is 0 Å². The van der Waals surface area contributed by atoms with Gasteiger partial charge in [-0.05, 0) is 37.8 Å². The highest BCUT2D eigenvalue weighted by Crippen LogP contribution is 2.38. The highest BCUT2D eigenvalue weighted by Gasteiger charge is 2.43. The number of hydrogen-bond acceptors (Lipinski definition) is 3. The molecule has 1 aromatic heterocycles. The number of amides is 1. The Kier molecular flexibility index (Phi) is 4.29. The summed E-state index contributed by atoms with van der Waals surface area (Å²) in [6, 6.07) is 7.82. The molecule has 5 nitrogen and oxygen atoms in total. The van der Waals surface area contributed by atoms with Crippen molar-refractivity contribution in [1.82, 2.24) is 9.88 Å². The zero-order valence-corrected chi connectivity index (χ0v) is 14.7. The molecule has 2 fully saturated rings. The van der Waals surface area contributed by atoms with E-state index in [4.69, 9.17) is 4.74 Å². The number of aliphatic hydroxyl groups excluding tert-OH is 1. The number of nitrogens with one attached hydrogen (secondary N) is 1. The Labute approximate surface area is 148 Å². The number of H-pyrrole nitrogens is 1. The Balaban J connectivity index is 1.48. The molecule has 0 aliphatic carbocycles. The van der Waals surface area contributed by atoms with E-state index in [2.05, 4.69) is 11.9 Å². The molecule has 5 heteroatoms. The molecule has 134 valence electrons. The Bertz CT molecular complexity index is 761. The quantitative estimate of drug-likeness (QED) is 0.881. The first-order valence-corrected chi connectivity index (χ1v) is 9.31. The molecule has 1 aromatic carbocycles. The van der Waals surface area contributed by atoms with Crippen molar-refractivity contribution in [3.63, 3.8) is 0 Å². The van der Waals surface area contributed by atoms with Crippen LogP contribution in [0.15, 0.2) is 30.5 Å². The van der Waals surface area contributed by atoms with Gasteiger partial charge in [-0.1, -0.05) is 19.1 Å². The molecule has 0 unspecified atom stereocenters. The summed E-state index contributed by atoms with van der Waals surface area (Å²) < 4.78 is 6.32. The molecule has 2 aliphatic heterocycles. The van der Waals surface area contributed by atoms with E-state index in [1.807, 2.05) is 35.4 Å². The first-order chi connectivity index (χ1) is 12.1. The molecule has 2 atom stereocenters. The van der Waals surface area contributed by atoms with Crippen LogP contribution in [0.25, 0.3) is 10.9 Å². The van der Waals surface area contributed by atoms with E-state index in [1.54, 1.807) is 0 Å². The summed E-state index contributed by atoms with van der Waals surface area (Å²) in [4.78, 5) is 18.1. The third-order valence-corrected chi connectivity index (χ3v) is 5.79. The van der Waals surface area contributed by atoms with Gasteiger partial charge in [0.2, 0.25) is 0 Å². The Morgan fingerprint density at radius 1 is 1.36 bits per heavy atom. The second-order valence-corrected chi connectivity index (χ2v) is 7.46. The lowest BCUT2D eigenvalue weighted by molar-refractivity contribution is -0.179. The number of piperidine rings is 1. The fourth-order valence-electron chi connectivity index (χ4n) is 4.39. The van der Waals surface area contributed by atoms with Crippen LogP contribution in [0.3, 0.4) is 0 Å². The van der Waals surface area contributed by atoms with Crippen LogP contribution in [0, 0.1) is 0 Å². The van der Waals surface area contributed by atoms with Crippen LogP contribution < -0.4 is 0 Å². The average Bonchev–Trinajstić information content (AvgIpc) is 3.10. The normalized spacial score (nSPS) is 26.2. The lowest BCUT2D eigenvalue weighted by atomic mass is 9.81. The van der Waals surface area contributed by atoms with Crippen molar-refractivity contribution in [3.05, 3.63) is 36.0 Å². The number of aromatic amines is 1. The molecule has 2 aromatic rings. The second-order valence-electron chi connectivity index (χ2n) is 7.46.